The molecule has 87 heavy (non-hydrogen) atoms. The summed E-state index contributed by atoms with van der Waals surface area (Å²) in [5, 5.41) is 10.7. The fraction of sp³-hybridized carbons (Fsp3) is 0.294. The van der Waals surface area contributed by atoms with Crippen LogP contribution in [0, 0.1) is 22.5 Å². The predicted octanol–water partition coefficient (Wildman–Crippen LogP) is 11.8. The van der Waals surface area contributed by atoms with Crippen LogP contribution in [0.4, 0.5) is 8.78 Å². The third-order valence-electron chi connectivity index (χ3n) is 14.3. The topological polar surface area (TPSA) is 188 Å². The van der Waals surface area contributed by atoms with Gasteiger partial charge in [0.25, 0.3) is 10.1 Å². The van der Waals surface area contributed by atoms with Gasteiger partial charge in [0.1, 0.15) is 24.7 Å². The highest BCUT2D eigenvalue weighted by atomic mass is 32.2. The molecule has 15 nitrogen and oxygen atoms in total. The van der Waals surface area contributed by atoms with Crippen molar-refractivity contribution in [1.82, 2.24) is 9.97 Å². The van der Waals surface area contributed by atoms with E-state index in [1.165, 1.54) is 50.9 Å². The highest BCUT2D eigenvalue weighted by molar-refractivity contribution is 7.86. The third-order valence-corrected chi connectivity index (χ3v) is 14.9. The van der Waals surface area contributed by atoms with Gasteiger partial charge in [-0.2, -0.15) is 8.42 Å². The first-order valence-electron chi connectivity index (χ1n) is 32.7. The summed E-state index contributed by atoms with van der Waals surface area (Å²) in [5.74, 6) is -3.09. The smallest absolute Gasteiger partial charge is 0.306 e. The summed E-state index contributed by atoms with van der Waals surface area (Å²) in [6.45, 7) is -4.50. The van der Waals surface area contributed by atoms with Crippen LogP contribution in [0.15, 0.2) is 145 Å². The second-order valence-electron chi connectivity index (χ2n) is 20.8. The van der Waals surface area contributed by atoms with Gasteiger partial charge in [-0.05, 0) is 111 Å². The van der Waals surface area contributed by atoms with Crippen LogP contribution in [-0.4, -0.2) is 69.1 Å². The summed E-state index contributed by atoms with van der Waals surface area (Å²) in [6, 6.07) is 24.8. The first kappa shape index (κ1) is 49.2. The van der Waals surface area contributed by atoms with Crippen molar-refractivity contribution in [3.8, 4) is 46.0 Å². The number of esters is 2. The van der Waals surface area contributed by atoms with Gasteiger partial charge < -0.3 is 43.0 Å². The highest BCUT2D eigenvalue weighted by Crippen LogP contribution is 2.51. The Morgan fingerprint density at radius 3 is 1.53 bits per heavy atom. The summed E-state index contributed by atoms with van der Waals surface area (Å²) < 4.78 is 192. The number of methoxy groups -OCH3 is 2. The lowest BCUT2D eigenvalue weighted by molar-refractivity contribution is -0.147. The minimum Gasteiger partial charge on any atom is -1.00 e. The van der Waals surface area contributed by atoms with Crippen molar-refractivity contribution < 1.29 is 90.4 Å². The summed E-state index contributed by atoms with van der Waals surface area (Å²) in [7, 11) is -0.646. The van der Waals surface area contributed by atoms with Gasteiger partial charge in [0.15, 0.2) is 46.1 Å². The number of benzene rings is 6. The molecule has 8 aromatic rings. The Morgan fingerprint density at radius 2 is 1.08 bits per heavy atom. The van der Waals surface area contributed by atoms with Crippen LogP contribution in [-0.2, 0) is 59.4 Å². The maximum Gasteiger partial charge on any atom is 0.306 e. The van der Waals surface area contributed by atoms with Crippen LogP contribution in [0.5, 0.6) is 46.0 Å². The molecule has 2 fully saturated rings. The van der Waals surface area contributed by atoms with Crippen molar-refractivity contribution in [3.05, 3.63) is 190 Å². The van der Waals surface area contributed by atoms with Gasteiger partial charge in [-0.25, -0.2) is 8.78 Å². The number of hydrogen-bond donors (Lipinski definition) is 1. The summed E-state index contributed by atoms with van der Waals surface area (Å²) >= 11 is 0. The molecule has 19 heteroatoms. The molecule has 456 valence electrons. The van der Waals surface area contributed by atoms with Gasteiger partial charge >= 0.3 is 11.9 Å². The number of hydrogen-bond acceptors (Lipinski definition) is 15. The molecule has 12 rings (SSSR count). The first-order chi connectivity index (χ1) is 45.8. The van der Waals surface area contributed by atoms with Gasteiger partial charge in [-0.3, -0.25) is 23.7 Å². The first-order valence-corrected chi connectivity index (χ1v) is 28.5. The molecular weight excluding hydrogens is 1140 g/mol. The molecule has 0 saturated heterocycles. The lowest BCUT2D eigenvalue weighted by Gasteiger charge is -2.18. The summed E-state index contributed by atoms with van der Waals surface area (Å²) in [4.78, 5) is 32.8. The van der Waals surface area contributed by atoms with Gasteiger partial charge in [0.05, 0.1) is 65.8 Å². The van der Waals surface area contributed by atoms with Crippen molar-refractivity contribution in [2.75, 3.05) is 33.7 Å². The highest BCUT2D eigenvalue weighted by Gasteiger charge is 2.47. The summed E-state index contributed by atoms with van der Waals surface area (Å²) in [5.41, 5.74) is 0.594. The molecule has 2 saturated carbocycles. The minimum atomic E-state index is -3.46. The van der Waals surface area contributed by atoms with E-state index in [0.29, 0.717) is 33.3 Å². The van der Waals surface area contributed by atoms with E-state index in [-0.39, 0.29) is 143 Å². The number of phenols is 1. The SMILES string of the molecule is C.CS(=O)(=O)OCC1(CC(=O)OCc2ccccc2)CC1.[2H]C1=C(C([2H])([2H])[2H])Cc2c([2H])c([2H])c(Oc3ccnc4cc(O)c(OC)cc34)c(F)c21.[2H]C1=C(C([2H])([2H])[2H])Cc2c([2H])c([2H])c(Oc3ccnc4cc(OCC5(CC(=O)OCc6ccccc6)CC5)c(OC)cc34)c(F)c21.[F-]. The van der Waals surface area contributed by atoms with E-state index in [0.717, 1.165) is 43.1 Å². The van der Waals surface area contributed by atoms with E-state index in [1.54, 1.807) is 12.1 Å². The van der Waals surface area contributed by atoms with Crippen molar-refractivity contribution >= 4 is 56.0 Å². The number of ether oxygens (including phenoxy) is 7. The molecule has 4 aliphatic carbocycles. The number of aromatic nitrogens is 2. The Labute approximate surface area is 520 Å². The van der Waals surface area contributed by atoms with Crippen molar-refractivity contribution in [3.63, 3.8) is 0 Å². The predicted molar refractivity (Wildman–Crippen MR) is 324 cm³/mol. The molecule has 1 N–H and O–H groups in total. The van der Waals surface area contributed by atoms with Crippen molar-refractivity contribution in [1.29, 1.82) is 0 Å². The van der Waals surface area contributed by atoms with Gasteiger partial charge in [0, 0.05) is 65.5 Å². The van der Waals surface area contributed by atoms with Crippen LogP contribution in [0.2, 0.25) is 0 Å². The zero-order valence-electron chi connectivity index (χ0n) is 58.7. The largest absolute Gasteiger partial charge is 1.00 e. The number of carbonyl (C=O) groups is 2. The second kappa shape index (κ2) is 27.6. The van der Waals surface area contributed by atoms with E-state index in [4.69, 9.17) is 53.8 Å². The Balaban J connectivity index is 0.000000204. The van der Waals surface area contributed by atoms with E-state index in [2.05, 4.69) is 9.97 Å². The second-order valence-corrected chi connectivity index (χ2v) is 22.5. The molecule has 6 aromatic carbocycles. The van der Waals surface area contributed by atoms with Crippen LogP contribution in [0.1, 0.15) is 109 Å². The van der Waals surface area contributed by atoms with E-state index in [1.807, 2.05) is 60.7 Å². The molecule has 0 aliphatic heterocycles. The number of aromatic hydroxyl groups is 1. The van der Waals surface area contributed by atoms with E-state index < -0.39 is 83.2 Å². The van der Waals surface area contributed by atoms with Gasteiger partial charge in [0.2, 0.25) is 0 Å². The lowest BCUT2D eigenvalue weighted by Crippen LogP contribution is -3.00. The average molecular weight is 1220 g/mol. The minimum absolute atomic E-state index is 0. The number of nitrogens with zero attached hydrogens (tertiary/aromatic N) is 2. The van der Waals surface area contributed by atoms with Crippen LogP contribution in [0.3, 0.4) is 0 Å². The molecule has 0 spiro atoms. The standard InChI is InChI=1S/C33H30FNO5.C20H16FNO3.C14H18O5S.CH4.FH/c1-21-14-23-8-9-28(32(34)24(23)15-21)40-27-10-13-35-26-17-30(29(37-2)16-25(26)27)39-20-33(11-12-33)18-31(36)38-19-22-6-4-3-5-7-22;1-11-7-12-3-4-18(20(21)13(12)8-11)25-17-5-6-22-15-10-16(23)19(24-2)9-14(15)17;1-20(16,17)19-11-14(7-8-14)9-13(15)18-10-12-5-3-2-4-6-12;;/h3-10,13,15-17H,11-12,14,18-20H2,1-2H3;3-6,8-10,23H,7H2,1-2H3;2-6H,7-11H2,1H3;1H4;1H/p-1/i1D3,8D,9D,15D;1D3,3D,4D,8D;;;. The van der Waals surface area contributed by atoms with Crippen LogP contribution < -0.4 is 28.4 Å². The number of phenolic OH excluding ortho intramolecular Hbond substituents is 1. The normalized spacial score (nSPS) is 16.8. The fourth-order valence-corrected chi connectivity index (χ4v) is 9.72. The maximum absolute atomic E-state index is 15.8. The van der Waals surface area contributed by atoms with Crippen LogP contribution >= 0.6 is 0 Å². The number of carbonyl (C=O) groups excluding carboxylic acids is 2. The quantitative estimate of drug-likeness (QED) is 0.0560. The molecule has 0 atom stereocenters. The fourth-order valence-electron chi connectivity index (χ4n) is 9.25. The van der Waals surface area contributed by atoms with Crippen molar-refractivity contribution in [2.24, 2.45) is 10.8 Å². The molecule has 4 aliphatic rings. The number of halogens is 3. The molecular formula is C68H68F3N2O13S-. The number of fused-ring (bicyclic) bond motifs is 4. The zero-order valence-corrected chi connectivity index (χ0v) is 47.5. The monoisotopic (exact) mass is 1220 g/mol. The molecule has 0 amide bonds. The summed E-state index contributed by atoms with van der Waals surface area (Å²) in [6.07, 6.45) is 6.83. The lowest BCUT2D eigenvalue weighted by atomic mass is 10.0. The molecule has 0 unspecified atom stereocenters. The maximum atomic E-state index is 15.8. The number of rotatable bonds is 20. The number of allylic oxidation sites excluding steroid dienone is 2. The average Bonchev–Trinajstić information content (AvgIpc) is 1.63. The molecule has 0 bridgehead atoms. The molecule has 0 radical (unpaired) electrons. The zero-order chi connectivity index (χ0) is 70.1. The Bertz CT molecular complexity index is 4580. The van der Waals surface area contributed by atoms with E-state index in [9.17, 15) is 23.1 Å². The molecule has 2 aromatic heterocycles. The third kappa shape index (κ3) is 16.1. The van der Waals surface area contributed by atoms with Gasteiger partial charge in [-0.15, -0.1) is 0 Å². The van der Waals surface area contributed by atoms with E-state index >= 15 is 8.78 Å². The number of pyridine rings is 2. The van der Waals surface area contributed by atoms with Crippen LogP contribution in [0.25, 0.3) is 33.9 Å². The molecule has 2 heterocycles. The Kier molecular flexibility index (Phi) is 15.6. The van der Waals surface area contributed by atoms with Gasteiger partial charge in [-0.1, -0.05) is 103 Å². The Hall–Kier alpha value is -8.94. The van der Waals surface area contributed by atoms with Crippen molar-refractivity contribution in [2.45, 2.75) is 85.7 Å². The Morgan fingerprint density at radius 1 is 0.621 bits per heavy atom.